The van der Waals surface area contributed by atoms with E-state index in [-0.39, 0.29) is 36.9 Å². The number of rotatable bonds is 5. The monoisotopic (exact) mass is 431 g/mol. The number of hydrogen-bond donors (Lipinski definition) is 1. The van der Waals surface area contributed by atoms with Crippen LogP contribution >= 0.6 is 15.9 Å². The van der Waals surface area contributed by atoms with Crippen LogP contribution in [0.15, 0.2) is 39.9 Å². The minimum atomic E-state index is -0.690. The fourth-order valence-electron chi connectivity index (χ4n) is 2.95. The number of amides is 1. The van der Waals surface area contributed by atoms with Crippen LogP contribution in [0.4, 0.5) is 0 Å². The zero-order valence-corrected chi connectivity index (χ0v) is 16.5. The molecule has 2 heterocycles. The third kappa shape index (κ3) is 4.16. The maximum absolute atomic E-state index is 12.5. The molecule has 7 nitrogen and oxygen atoms in total. The van der Waals surface area contributed by atoms with Crippen LogP contribution < -0.4 is 5.43 Å². The van der Waals surface area contributed by atoms with Crippen molar-refractivity contribution < 1.29 is 19.1 Å². The van der Waals surface area contributed by atoms with Crippen molar-refractivity contribution in [3.8, 4) is 5.69 Å². The molecule has 0 saturated heterocycles. The van der Waals surface area contributed by atoms with Gasteiger partial charge >= 0.3 is 5.97 Å². The number of carbonyl (C=O) groups is 3. The van der Waals surface area contributed by atoms with Crippen LogP contribution in [0, 0.1) is 13.8 Å². The average Bonchev–Trinajstić information content (AvgIpc) is 2.95. The summed E-state index contributed by atoms with van der Waals surface area (Å²) in [4.78, 5) is 35.6. The molecule has 1 N–H and O–H groups in total. The second-order valence-electron chi connectivity index (χ2n) is 6.19. The standard InChI is InChI=1S/C19H18BrN3O4/c1-11-9-15(12(2)23(11)14-5-3-13(20)4-6-14)17(24)10-27-19(26)16-7-8-18(25)22-21-16/h3-6,9H,7-8,10H2,1-2H3,(H,22,25). The lowest BCUT2D eigenvalue weighted by Crippen LogP contribution is -2.31. The van der Waals surface area contributed by atoms with Crippen LogP contribution in [0.3, 0.4) is 0 Å². The van der Waals surface area contributed by atoms with Crippen molar-refractivity contribution in [1.82, 2.24) is 9.99 Å². The Balaban J connectivity index is 1.72. The number of nitrogens with zero attached hydrogens (tertiary/aromatic N) is 2. The quantitative estimate of drug-likeness (QED) is 0.581. The summed E-state index contributed by atoms with van der Waals surface area (Å²) in [5.74, 6) is -1.23. The van der Waals surface area contributed by atoms with Gasteiger partial charge in [0.1, 0.15) is 5.71 Å². The van der Waals surface area contributed by atoms with Gasteiger partial charge in [-0.25, -0.2) is 10.2 Å². The van der Waals surface area contributed by atoms with Gasteiger partial charge in [-0.1, -0.05) is 15.9 Å². The summed E-state index contributed by atoms with van der Waals surface area (Å²) in [6.07, 6.45) is 0.382. The van der Waals surface area contributed by atoms with Crippen LogP contribution in [0.2, 0.25) is 0 Å². The molecule has 1 aromatic heterocycles. The molecule has 3 rings (SSSR count). The zero-order chi connectivity index (χ0) is 19.6. The molecular weight excluding hydrogens is 414 g/mol. The number of aryl methyl sites for hydroxylation is 1. The first-order valence-corrected chi connectivity index (χ1v) is 9.16. The predicted octanol–water partition coefficient (Wildman–Crippen LogP) is 2.85. The fraction of sp³-hybridized carbons (Fsp3) is 0.263. The fourth-order valence-corrected chi connectivity index (χ4v) is 3.21. The summed E-state index contributed by atoms with van der Waals surface area (Å²) in [5.41, 5.74) is 5.47. The molecule has 1 aromatic carbocycles. The zero-order valence-electron chi connectivity index (χ0n) is 14.9. The average molecular weight is 432 g/mol. The second kappa shape index (κ2) is 7.87. The molecule has 0 spiro atoms. The van der Waals surface area contributed by atoms with Gasteiger partial charge in [0.2, 0.25) is 11.7 Å². The molecule has 8 heteroatoms. The largest absolute Gasteiger partial charge is 0.453 e. The molecule has 2 aromatic rings. The molecule has 0 atom stereocenters. The number of ether oxygens (including phenoxy) is 1. The van der Waals surface area contributed by atoms with Gasteiger partial charge in [0.05, 0.1) is 0 Å². The number of ketones is 1. The van der Waals surface area contributed by atoms with E-state index in [0.29, 0.717) is 5.56 Å². The first-order valence-electron chi connectivity index (χ1n) is 8.37. The van der Waals surface area contributed by atoms with E-state index in [1.165, 1.54) is 0 Å². The number of hydrazone groups is 1. The summed E-state index contributed by atoms with van der Waals surface area (Å²) in [6, 6.07) is 9.55. The minimum Gasteiger partial charge on any atom is -0.453 e. The van der Waals surface area contributed by atoms with Crippen LogP contribution in [-0.4, -0.2) is 34.5 Å². The Labute approximate surface area is 164 Å². The molecule has 0 aliphatic carbocycles. The highest BCUT2D eigenvalue weighted by Crippen LogP contribution is 2.22. The van der Waals surface area contributed by atoms with Gasteiger partial charge in [-0.15, -0.1) is 0 Å². The normalized spacial score (nSPS) is 13.7. The molecule has 27 heavy (non-hydrogen) atoms. The molecule has 140 valence electrons. The van der Waals surface area contributed by atoms with Crippen LogP contribution in [0.25, 0.3) is 5.69 Å². The third-order valence-electron chi connectivity index (χ3n) is 4.29. The van der Waals surface area contributed by atoms with Gasteiger partial charge in [-0.2, -0.15) is 5.10 Å². The predicted molar refractivity (Wildman–Crippen MR) is 103 cm³/mol. The summed E-state index contributed by atoms with van der Waals surface area (Å²) < 4.78 is 8.02. The molecule has 1 aliphatic rings. The number of esters is 1. The van der Waals surface area contributed by atoms with E-state index in [0.717, 1.165) is 21.5 Å². The molecule has 0 bridgehead atoms. The van der Waals surface area contributed by atoms with Crippen LogP contribution in [0.5, 0.6) is 0 Å². The van der Waals surface area contributed by atoms with Gasteiger partial charge in [0.15, 0.2) is 6.61 Å². The number of halogens is 1. The minimum absolute atomic E-state index is 0.114. The van der Waals surface area contributed by atoms with E-state index in [1.54, 1.807) is 6.07 Å². The summed E-state index contributed by atoms with van der Waals surface area (Å²) in [7, 11) is 0. The van der Waals surface area contributed by atoms with Gasteiger partial charge in [-0.05, 0) is 44.2 Å². The Hall–Kier alpha value is -2.74. The highest BCUT2D eigenvalue weighted by atomic mass is 79.9. The lowest BCUT2D eigenvalue weighted by atomic mass is 10.1. The molecule has 0 unspecified atom stereocenters. The highest BCUT2D eigenvalue weighted by Gasteiger charge is 2.22. The van der Waals surface area contributed by atoms with Crippen molar-refractivity contribution >= 4 is 39.3 Å². The van der Waals surface area contributed by atoms with Crippen molar-refractivity contribution in [3.05, 3.63) is 51.8 Å². The highest BCUT2D eigenvalue weighted by molar-refractivity contribution is 9.10. The Bertz CT molecular complexity index is 945. The maximum Gasteiger partial charge on any atom is 0.354 e. The molecule has 0 fully saturated rings. The summed E-state index contributed by atoms with van der Waals surface area (Å²) in [5, 5.41) is 3.67. The van der Waals surface area contributed by atoms with Crippen LogP contribution in [0.1, 0.15) is 34.6 Å². The first-order chi connectivity index (χ1) is 12.9. The van der Waals surface area contributed by atoms with Gasteiger partial charge in [0.25, 0.3) is 0 Å². The lowest BCUT2D eigenvalue weighted by molar-refractivity contribution is -0.134. The number of Topliss-reactive ketones (excluding diaryl/α,β-unsaturated/α-hetero) is 1. The van der Waals surface area contributed by atoms with Gasteiger partial charge in [0, 0.05) is 40.0 Å². The first kappa shape index (κ1) is 19.0. The topological polar surface area (TPSA) is 89.8 Å². The van der Waals surface area contributed by atoms with Crippen molar-refractivity contribution in [1.29, 1.82) is 0 Å². The van der Waals surface area contributed by atoms with E-state index in [2.05, 4.69) is 26.5 Å². The molecule has 1 amide bonds. The maximum atomic E-state index is 12.5. The number of benzene rings is 1. The SMILES string of the molecule is Cc1cc(C(=O)COC(=O)C2=NNC(=O)CC2)c(C)n1-c1ccc(Br)cc1. The lowest BCUT2D eigenvalue weighted by Gasteiger charge is -2.11. The van der Waals surface area contributed by atoms with E-state index in [9.17, 15) is 14.4 Å². The summed E-state index contributed by atoms with van der Waals surface area (Å²) >= 11 is 3.41. The smallest absolute Gasteiger partial charge is 0.354 e. The number of nitrogens with one attached hydrogen (secondary N) is 1. The molecular formula is C19H18BrN3O4. The van der Waals surface area contributed by atoms with Crippen molar-refractivity contribution in [2.45, 2.75) is 26.7 Å². The third-order valence-corrected chi connectivity index (χ3v) is 4.82. The van der Waals surface area contributed by atoms with E-state index in [4.69, 9.17) is 4.74 Å². The summed E-state index contributed by atoms with van der Waals surface area (Å²) in [6.45, 7) is 3.39. The number of hydrogen-bond acceptors (Lipinski definition) is 5. The van der Waals surface area contributed by atoms with E-state index in [1.807, 2.05) is 42.7 Å². The molecule has 0 saturated carbocycles. The van der Waals surface area contributed by atoms with Crippen molar-refractivity contribution in [2.24, 2.45) is 5.10 Å². The molecule has 1 aliphatic heterocycles. The number of aromatic nitrogens is 1. The molecule has 0 radical (unpaired) electrons. The Morgan fingerprint density at radius 2 is 1.93 bits per heavy atom. The number of carbonyl (C=O) groups excluding carboxylic acids is 3. The van der Waals surface area contributed by atoms with Crippen LogP contribution in [-0.2, 0) is 14.3 Å². The van der Waals surface area contributed by atoms with E-state index < -0.39 is 5.97 Å². The van der Waals surface area contributed by atoms with Crippen molar-refractivity contribution in [2.75, 3.05) is 6.61 Å². The Morgan fingerprint density at radius 3 is 2.56 bits per heavy atom. The van der Waals surface area contributed by atoms with Gasteiger partial charge < -0.3 is 9.30 Å². The van der Waals surface area contributed by atoms with Crippen molar-refractivity contribution in [3.63, 3.8) is 0 Å². The Kier molecular flexibility index (Phi) is 5.55. The van der Waals surface area contributed by atoms with Gasteiger partial charge in [-0.3, -0.25) is 9.59 Å². The second-order valence-corrected chi connectivity index (χ2v) is 7.11. The van der Waals surface area contributed by atoms with E-state index >= 15 is 0 Å². The Morgan fingerprint density at radius 1 is 1.22 bits per heavy atom.